The first-order valence-electron chi connectivity index (χ1n) is 4.08. The summed E-state index contributed by atoms with van der Waals surface area (Å²) in [5.41, 5.74) is 5.90. The Morgan fingerprint density at radius 3 is 2.36 bits per heavy atom. The van der Waals surface area contributed by atoms with Crippen molar-refractivity contribution in [2.45, 2.75) is 18.4 Å². The molecule has 0 saturated heterocycles. The Hall–Kier alpha value is -0.615. The number of thiol groups is 1. The first kappa shape index (κ1) is 11.5. The number of benzene rings is 1. The third kappa shape index (κ3) is 2.25. The monoisotopic (exact) mass is 220 g/mol. The molecule has 1 aromatic carbocycles. The highest BCUT2D eigenvalue weighted by atomic mass is 32.1. The summed E-state index contributed by atoms with van der Waals surface area (Å²) in [7, 11) is 0. The van der Waals surface area contributed by atoms with Gasteiger partial charge in [0.05, 0.1) is 0 Å². The van der Waals surface area contributed by atoms with Crippen LogP contribution in [0.3, 0.4) is 0 Å². The van der Waals surface area contributed by atoms with Gasteiger partial charge < -0.3 is 18.7 Å². The first-order chi connectivity index (χ1) is 6.36. The van der Waals surface area contributed by atoms with Crippen LogP contribution in [0.4, 0.5) is 12.9 Å². The molecule has 2 N–H and O–H groups in total. The van der Waals surface area contributed by atoms with Gasteiger partial charge in [0.25, 0.3) is 0 Å². The van der Waals surface area contributed by atoms with Crippen LogP contribution in [0.2, 0.25) is 0 Å². The van der Waals surface area contributed by atoms with E-state index in [0.717, 1.165) is 12.1 Å². The summed E-state index contributed by atoms with van der Waals surface area (Å²) in [6, 6.07) is 2.13. The van der Waals surface area contributed by atoms with Crippen molar-refractivity contribution in [1.82, 2.24) is 0 Å². The third-order valence-corrected chi connectivity index (χ3v) is 2.57. The van der Waals surface area contributed by atoms with Crippen molar-refractivity contribution in [3.63, 3.8) is 0 Å². The van der Waals surface area contributed by atoms with E-state index >= 15 is 0 Å². The number of hydrogen-bond donors (Lipinski definition) is 2. The highest BCUT2D eigenvalue weighted by Crippen LogP contribution is 2.19. The van der Waals surface area contributed by atoms with Crippen LogP contribution < -0.4 is 11.2 Å². The lowest BCUT2D eigenvalue weighted by atomic mass is 9.78. The fraction of sp³-hybridized carbons (Fsp3) is 0.250. The number of halogens is 3. The summed E-state index contributed by atoms with van der Waals surface area (Å²) in [6.07, 6.45) is 0. The number of nitrogens with two attached hydrogens (primary N) is 1. The average molecular weight is 220 g/mol. The first-order valence-corrected chi connectivity index (χ1v) is 4.53. The minimum atomic E-state index is -4.97. The molecule has 0 spiro atoms. The standard InChI is InChI=1S/C8H10BF3NS/c1-5-6(4-13)2-7(3-8(5)14)9(10,11)12/h2-3,14H,4,13H2,1H3/q-1. The molecule has 1 aromatic rings. The van der Waals surface area contributed by atoms with Crippen molar-refractivity contribution >= 4 is 25.1 Å². The molecule has 6 heteroatoms. The molecule has 14 heavy (non-hydrogen) atoms. The van der Waals surface area contributed by atoms with Gasteiger partial charge in [-0.1, -0.05) is 12.1 Å². The molecule has 1 rings (SSSR count). The summed E-state index contributed by atoms with van der Waals surface area (Å²) in [5, 5.41) is 0. The van der Waals surface area contributed by atoms with E-state index in [1.54, 1.807) is 6.92 Å². The van der Waals surface area contributed by atoms with Crippen LogP contribution in [0.5, 0.6) is 0 Å². The molecule has 0 heterocycles. The van der Waals surface area contributed by atoms with Crippen molar-refractivity contribution in [2.75, 3.05) is 0 Å². The molecule has 0 aliphatic carbocycles. The molecule has 0 unspecified atom stereocenters. The van der Waals surface area contributed by atoms with Crippen LogP contribution in [0.25, 0.3) is 0 Å². The molecule has 0 radical (unpaired) electrons. The molecule has 0 aromatic heterocycles. The zero-order chi connectivity index (χ0) is 10.9. The smallest absolute Gasteiger partial charge is 0.445 e. The lowest BCUT2D eigenvalue weighted by Gasteiger charge is -2.18. The van der Waals surface area contributed by atoms with E-state index in [9.17, 15) is 12.9 Å². The molecule has 78 valence electrons. The Bertz CT molecular complexity index is 351. The van der Waals surface area contributed by atoms with Gasteiger partial charge in [-0.15, -0.1) is 18.1 Å². The van der Waals surface area contributed by atoms with Crippen LogP contribution >= 0.6 is 12.6 Å². The zero-order valence-electron chi connectivity index (χ0n) is 7.60. The summed E-state index contributed by atoms with van der Waals surface area (Å²) in [4.78, 5) is 0.335. The van der Waals surface area contributed by atoms with Gasteiger partial charge in [-0.05, 0) is 18.1 Å². The third-order valence-electron chi connectivity index (χ3n) is 2.11. The van der Waals surface area contributed by atoms with Gasteiger partial charge in [-0.2, -0.15) is 0 Å². The number of rotatable bonds is 2. The van der Waals surface area contributed by atoms with E-state index in [1.165, 1.54) is 0 Å². The van der Waals surface area contributed by atoms with Crippen molar-refractivity contribution in [3.05, 3.63) is 23.3 Å². The number of hydrogen-bond acceptors (Lipinski definition) is 2. The van der Waals surface area contributed by atoms with Crippen LogP contribution in [-0.4, -0.2) is 6.98 Å². The second kappa shape index (κ2) is 3.86. The Balaban J connectivity index is 3.30. The Morgan fingerprint density at radius 2 is 1.93 bits per heavy atom. The molecule has 0 amide bonds. The maximum atomic E-state index is 12.4. The van der Waals surface area contributed by atoms with E-state index < -0.39 is 12.4 Å². The van der Waals surface area contributed by atoms with Crippen LogP contribution in [-0.2, 0) is 6.54 Å². The Kier molecular flexibility index (Phi) is 3.16. The second-order valence-electron chi connectivity index (χ2n) is 3.10. The molecule has 0 atom stereocenters. The minimum absolute atomic E-state index is 0.0966. The van der Waals surface area contributed by atoms with E-state index in [-0.39, 0.29) is 6.54 Å². The van der Waals surface area contributed by atoms with Crippen LogP contribution in [0.15, 0.2) is 17.0 Å². The largest absolute Gasteiger partial charge is 0.509 e. The topological polar surface area (TPSA) is 26.0 Å². The summed E-state index contributed by atoms with van der Waals surface area (Å²) in [6.45, 7) is -3.17. The van der Waals surface area contributed by atoms with Gasteiger partial charge in [0, 0.05) is 11.4 Å². The average Bonchev–Trinajstić information content (AvgIpc) is 2.07. The minimum Gasteiger partial charge on any atom is -0.445 e. The van der Waals surface area contributed by atoms with Gasteiger partial charge in [0.15, 0.2) is 0 Å². The summed E-state index contributed by atoms with van der Waals surface area (Å²) >= 11 is 3.98. The maximum Gasteiger partial charge on any atom is 0.509 e. The van der Waals surface area contributed by atoms with E-state index in [0.29, 0.717) is 16.0 Å². The van der Waals surface area contributed by atoms with Crippen molar-refractivity contribution in [3.8, 4) is 0 Å². The van der Waals surface area contributed by atoms with Gasteiger partial charge in [0.1, 0.15) is 0 Å². The molecule has 0 saturated carbocycles. The lowest BCUT2D eigenvalue weighted by molar-refractivity contribution is 0.500. The van der Waals surface area contributed by atoms with E-state index in [2.05, 4.69) is 12.6 Å². The van der Waals surface area contributed by atoms with E-state index in [1.807, 2.05) is 0 Å². The van der Waals surface area contributed by atoms with Crippen molar-refractivity contribution < 1.29 is 12.9 Å². The highest BCUT2D eigenvalue weighted by Gasteiger charge is 2.26. The van der Waals surface area contributed by atoms with Crippen LogP contribution in [0, 0.1) is 6.92 Å². The van der Waals surface area contributed by atoms with Crippen molar-refractivity contribution in [2.24, 2.45) is 5.73 Å². The SMILES string of the molecule is Cc1c(S)cc([B-](F)(F)F)cc1CN. The highest BCUT2D eigenvalue weighted by molar-refractivity contribution is 7.80. The molecule has 0 fully saturated rings. The Morgan fingerprint density at radius 1 is 1.36 bits per heavy atom. The molecule has 0 aliphatic heterocycles. The zero-order valence-corrected chi connectivity index (χ0v) is 8.49. The maximum absolute atomic E-state index is 12.4. The summed E-state index contributed by atoms with van der Waals surface area (Å²) < 4.78 is 37.2. The van der Waals surface area contributed by atoms with Gasteiger partial charge in [-0.3, -0.25) is 0 Å². The predicted octanol–water partition coefficient (Wildman–Crippen LogP) is 1.80. The van der Waals surface area contributed by atoms with E-state index in [4.69, 9.17) is 5.73 Å². The molecule has 1 nitrogen and oxygen atoms in total. The molecule has 0 bridgehead atoms. The molecule has 0 aliphatic rings. The van der Waals surface area contributed by atoms with Gasteiger partial charge in [0.2, 0.25) is 0 Å². The lowest BCUT2D eigenvalue weighted by Crippen LogP contribution is -2.34. The second-order valence-corrected chi connectivity index (χ2v) is 3.58. The fourth-order valence-corrected chi connectivity index (χ4v) is 1.48. The quantitative estimate of drug-likeness (QED) is 0.576. The van der Waals surface area contributed by atoms with Gasteiger partial charge in [-0.25, -0.2) is 0 Å². The molecular weight excluding hydrogens is 210 g/mol. The fourth-order valence-electron chi connectivity index (χ4n) is 1.18. The van der Waals surface area contributed by atoms with Crippen molar-refractivity contribution in [1.29, 1.82) is 0 Å². The predicted molar refractivity (Wildman–Crippen MR) is 55.0 cm³/mol. The summed E-state index contributed by atoms with van der Waals surface area (Å²) in [5.74, 6) is 0. The van der Waals surface area contributed by atoms with Gasteiger partial charge >= 0.3 is 6.98 Å². The van der Waals surface area contributed by atoms with Crippen LogP contribution in [0.1, 0.15) is 11.1 Å². The normalized spacial score (nSPS) is 11.9. The molecular formula is C8H10BF3NS-. The Labute approximate surface area is 86.0 Å².